The first-order valence-corrected chi connectivity index (χ1v) is 7.75. The van der Waals surface area contributed by atoms with Crippen LogP contribution >= 0.6 is 15.9 Å². The van der Waals surface area contributed by atoms with Crippen LogP contribution in [0.1, 0.15) is 19.3 Å². The zero-order valence-corrected chi connectivity index (χ0v) is 13.7. The molecule has 0 atom stereocenters. The van der Waals surface area contributed by atoms with Crippen LogP contribution in [0.2, 0.25) is 0 Å². The summed E-state index contributed by atoms with van der Waals surface area (Å²) in [6, 6.07) is 7.60. The van der Waals surface area contributed by atoms with E-state index in [9.17, 15) is 4.79 Å². The Morgan fingerprint density at radius 3 is 2.45 bits per heavy atom. The summed E-state index contributed by atoms with van der Waals surface area (Å²) >= 11 is 3.37. The van der Waals surface area contributed by atoms with Crippen LogP contribution in [0.5, 0.6) is 0 Å². The standard InChI is InChI=1S/C15H22BrN3O/c1-19(2)15(8-3-9-15)11-17-10-14(20)18-13-6-4-12(16)5-7-13/h4-7,17H,3,8-11H2,1-2H3,(H,18,20). The fourth-order valence-electron chi connectivity index (χ4n) is 2.51. The SMILES string of the molecule is CN(C)C1(CNCC(=O)Nc2ccc(Br)cc2)CCC1. The highest BCUT2D eigenvalue weighted by Crippen LogP contribution is 2.35. The van der Waals surface area contributed by atoms with Crippen molar-refractivity contribution in [2.45, 2.75) is 24.8 Å². The Bertz CT molecular complexity index is 455. The molecule has 4 nitrogen and oxygen atoms in total. The van der Waals surface area contributed by atoms with E-state index in [1.165, 1.54) is 19.3 Å². The maximum atomic E-state index is 11.9. The largest absolute Gasteiger partial charge is 0.325 e. The first-order chi connectivity index (χ1) is 9.52. The maximum Gasteiger partial charge on any atom is 0.238 e. The molecule has 110 valence electrons. The molecule has 0 bridgehead atoms. The second kappa shape index (κ2) is 6.70. The van der Waals surface area contributed by atoms with Crippen molar-refractivity contribution < 1.29 is 4.79 Å². The zero-order chi connectivity index (χ0) is 14.6. The van der Waals surface area contributed by atoms with Crippen LogP contribution in [-0.2, 0) is 4.79 Å². The molecule has 1 aliphatic carbocycles. The molecule has 1 fully saturated rings. The summed E-state index contributed by atoms with van der Waals surface area (Å²) in [5.74, 6) is 0.000511. The van der Waals surface area contributed by atoms with Crippen molar-refractivity contribution in [3.05, 3.63) is 28.7 Å². The minimum Gasteiger partial charge on any atom is -0.325 e. The average Bonchev–Trinajstić information content (AvgIpc) is 2.35. The van der Waals surface area contributed by atoms with E-state index < -0.39 is 0 Å². The Labute approximate surface area is 129 Å². The van der Waals surface area contributed by atoms with Crippen LogP contribution in [0, 0.1) is 0 Å². The van der Waals surface area contributed by atoms with Crippen LogP contribution in [-0.4, -0.2) is 43.5 Å². The molecule has 1 aliphatic rings. The Morgan fingerprint density at radius 2 is 1.95 bits per heavy atom. The van der Waals surface area contributed by atoms with Crippen LogP contribution in [0.3, 0.4) is 0 Å². The lowest BCUT2D eigenvalue weighted by Crippen LogP contribution is -2.57. The molecule has 1 amide bonds. The molecule has 1 aromatic carbocycles. The molecule has 2 rings (SSSR count). The summed E-state index contributed by atoms with van der Waals surface area (Å²) in [6.07, 6.45) is 3.70. The fourth-order valence-corrected chi connectivity index (χ4v) is 2.78. The molecule has 1 saturated carbocycles. The second-order valence-electron chi connectivity index (χ2n) is 5.63. The summed E-state index contributed by atoms with van der Waals surface area (Å²) in [4.78, 5) is 14.1. The van der Waals surface area contributed by atoms with E-state index in [2.05, 4.69) is 45.6 Å². The van der Waals surface area contributed by atoms with E-state index in [1.807, 2.05) is 24.3 Å². The number of anilines is 1. The lowest BCUT2D eigenvalue weighted by molar-refractivity contribution is -0.115. The zero-order valence-electron chi connectivity index (χ0n) is 12.1. The van der Waals surface area contributed by atoms with Gasteiger partial charge in [0.05, 0.1) is 6.54 Å². The first kappa shape index (κ1) is 15.5. The van der Waals surface area contributed by atoms with Gasteiger partial charge in [-0.1, -0.05) is 15.9 Å². The van der Waals surface area contributed by atoms with Gasteiger partial charge >= 0.3 is 0 Å². The number of rotatable bonds is 6. The van der Waals surface area contributed by atoms with Gasteiger partial charge in [0.25, 0.3) is 0 Å². The molecule has 0 radical (unpaired) electrons. The predicted molar refractivity (Wildman–Crippen MR) is 85.9 cm³/mol. The van der Waals surface area contributed by atoms with Crippen LogP contribution in [0.4, 0.5) is 5.69 Å². The van der Waals surface area contributed by atoms with Crippen molar-refractivity contribution in [1.29, 1.82) is 0 Å². The number of halogens is 1. The van der Waals surface area contributed by atoms with E-state index in [0.29, 0.717) is 6.54 Å². The summed E-state index contributed by atoms with van der Waals surface area (Å²) in [7, 11) is 4.23. The minimum absolute atomic E-state index is 0.000511. The summed E-state index contributed by atoms with van der Waals surface area (Å²) in [6.45, 7) is 1.22. The van der Waals surface area contributed by atoms with Crippen molar-refractivity contribution in [2.24, 2.45) is 0 Å². The van der Waals surface area contributed by atoms with E-state index in [-0.39, 0.29) is 11.4 Å². The number of amides is 1. The number of hydrogen-bond acceptors (Lipinski definition) is 3. The predicted octanol–water partition coefficient (Wildman–Crippen LogP) is 2.46. The minimum atomic E-state index is 0.000511. The van der Waals surface area contributed by atoms with Crippen molar-refractivity contribution in [3.8, 4) is 0 Å². The fraction of sp³-hybridized carbons (Fsp3) is 0.533. The second-order valence-corrected chi connectivity index (χ2v) is 6.55. The topological polar surface area (TPSA) is 44.4 Å². The molecule has 1 aromatic rings. The van der Waals surface area contributed by atoms with Crippen molar-refractivity contribution >= 4 is 27.5 Å². The number of hydrogen-bond donors (Lipinski definition) is 2. The molecular weight excluding hydrogens is 318 g/mol. The van der Waals surface area contributed by atoms with Gasteiger partial charge in [-0.2, -0.15) is 0 Å². The molecule has 0 saturated heterocycles. The lowest BCUT2D eigenvalue weighted by atomic mass is 9.75. The molecule has 0 spiro atoms. The highest BCUT2D eigenvalue weighted by atomic mass is 79.9. The molecule has 20 heavy (non-hydrogen) atoms. The Balaban J connectivity index is 1.74. The van der Waals surface area contributed by atoms with Gasteiger partial charge in [0.2, 0.25) is 5.91 Å². The number of likely N-dealkylation sites (N-methyl/N-ethyl adjacent to an activating group) is 1. The van der Waals surface area contributed by atoms with Crippen molar-refractivity contribution in [1.82, 2.24) is 10.2 Å². The summed E-state index contributed by atoms with van der Waals surface area (Å²) in [5, 5.41) is 6.16. The van der Waals surface area contributed by atoms with Crippen molar-refractivity contribution in [3.63, 3.8) is 0 Å². The van der Waals surface area contributed by atoms with E-state index in [1.54, 1.807) is 0 Å². The Morgan fingerprint density at radius 1 is 1.30 bits per heavy atom. The smallest absolute Gasteiger partial charge is 0.238 e. The number of carbonyl (C=O) groups is 1. The third kappa shape index (κ3) is 3.81. The first-order valence-electron chi connectivity index (χ1n) is 6.95. The van der Waals surface area contributed by atoms with Crippen LogP contribution in [0.15, 0.2) is 28.7 Å². The molecule has 0 aromatic heterocycles. The molecule has 0 aliphatic heterocycles. The van der Waals surface area contributed by atoms with Crippen molar-refractivity contribution in [2.75, 3.05) is 32.5 Å². The highest BCUT2D eigenvalue weighted by Gasteiger charge is 2.38. The van der Waals surface area contributed by atoms with Gasteiger partial charge in [-0.05, 0) is 57.6 Å². The van der Waals surface area contributed by atoms with Crippen LogP contribution in [0.25, 0.3) is 0 Å². The number of nitrogens with one attached hydrogen (secondary N) is 2. The van der Waals surface area contributed by atoms with Crippen LogP contribution < -0.4 is 10.6 Å². The molecule has 0 heterocycles. The molecule has 5 heteroatoms. The summed E-state index contributed by atoms with van der Waals surface area (Å²) in [5.41, 5.74) is 1.07. The molecular formula is C15H22BrN3O. The van der Waals surface area contributed by atoms with Gasteiger partial charge < -0.3 is 15.5 Å². The maximum absolute atomic E-state index is 11.9. The number of carbonyl (C=O) groups excluding carboxylic acids is 1. The quantitative estimate of drug-likeness (QED) is 0.836. The van der Waals surface area contributed by atoms with E-state index in [0.717, 1.165) is 16.7 Å². The van der Waals surface area contributed by atoms with Gasteiger partial charge in [-0.25, -0.2) is 0 Å². The normalized spacial score (nSPS) is 16.8. The van der Waals surface area contributed by atoms with Gasteiger partial charge in [0, 0.05) is 22.2 Å². The third-order valence-corrected chi connectivity index (χ3v) is 4.63. The number of nitrogens with zero attached hydrogens (tertiary/aromatic N) is 1. The monoisotopic (exact) mass is 339 g/mol. The Kier molecular flexibility index (Phi) is 5.18. The number of benzene rings is 1. The summed E-state index contributed by atoms with van der Waals surface area (Å²) < 4.78 is 1.01. The third-order valence-electron chi connectivity index (χ3n) is 4.10. The Hall–Kier alpha value is -0.910. The average molecular weight is 340 g/mol. The highest BCUT2D eigenvalue weighted by molar-refractivity contribution is 9.10. The molecule has 2 N–H and O–H groups in total. The van der Waals surface area contributed by atoms with E-state index >= 15 is 0 Å². The van der Waals surface area contributed by atoms with Gasteiger partial charge in [-0.15, -0.1) is 0 Å². The van der Waals surface area contributed by atoms with Gasteiger partial charge in [0.15, 0.2) is 0 Å². The molecule has 0 unspecified atom stereocenters. The van der Waals surface area contributed by atoms with Gasteiger partial charge in [0.1, 0.15) is 0 Å². The van der Waals surface area contributed by atoms with Gasteiger partial charge in [-0.3, -0.25) is 4.79 Å². The van der Waals surface area contributed by atoms with E-state index in [4.69, 9.17) is 0 Å². The lowest BCUT2D eigenvalue weighted by Gasteiger charge is -2.47.